The van der Waals surface area contributed by atoms with Gasteiger partial charge in [0.1, 0.15) is 54.0 Å². The first kappa shape index (κ1) is 49.5. The van der Waals surface area contributed by atoms with Crippen LogP contribution in [0.3, 0.4) is 0 Å². The molecule has 24 nitrogen and oxygen atoms in total. The molecule has 7 amide bonds. The van der Waals surface area contributed by atoms with Crippen LogP contribution in [0, 0.1) is 0 Å². The molecule has 60 heavy (non-hydrogen) atoms. The van der Waals surface area contributed by atoms with Crippen molar-refractivity contribution in [1.82, 2.24) is 31.1 Å². The van der Waals surface area contributed by atoms with Crippen LogP contribution in [0.15, 0.2) is 4.99 Å². The Kier molecular flexibility index (Phi) is 18.7. The molecule has 0 bridgehead atoms. The van der Waals surface area contributed by atoms with Gasteiger partial charge < -0.3 is 79.2 Å². The Hall–Kier alpha value is -4.82. The normalized spacial score (nSPS) is 26.4. The standard InChI is InChI=1S/C35H59N11O13S/c1-15(36)32(57)46-12-6-9-21(46)30(55)43-19(13-23(49)50)29(54)44-24(16(2)60-34-25(41-17(3)48)27(52)26(51)22(14-47)59-34)31(56)42-18(7-4-10-40-35(38)39)33(58)45-11-5-8-20(45)28(37)53/h15-16,18-22,24-27,34,47,51-52H,4-14,36H2,1-3H3,(H2,37,53)(H,41,48)(H,42,56)(H,43,55)(H,44,54)(H,49,50)(H4,38,39,40)/t15-,16+,18-,19-,20-,21-,22+,24-,25+,26-,27+,34+/m0/s1. The number of carbonyl (C=O) groups excluding carboxylic acids is 7. The summed E-state index contributed by atoms with van der Waals surface area (Å²) in [6.07, 6.45) is -4.18. The molecule has 0 spiro atoms. The second-order valence-electron chi connectivity index (χ2n) is 15.0. The van der Waals surface area contributed by atoms with Crippen LogP contribution in [0.5, 0.6) is 0 Å². The lowest BCUT2D eigenvalue weighted by molar-refractivity contribution is -0.173. The van der Waals surface area contributed by atoms with Gasteiger partial charge in [0, 0.05) is 31.8 Å². The van der Waals surface area contributed by atoms with E-state index in [0.717, 1.165) is 18.7 Å². The molecule has 16 N–H and O–H groups in total. The molecule has 3 rings (SSSR count). The molecule has 0 aromatic rings. The van der Waals surface area contributed by atoms with E-state index in [0.29, 0.717) is 12.8 Å². The van der Waals surface area contributed by atoms with Crippen LogP contribution in [-0.4, -0.2) is 181 Å². The van der Waals surface area contributed by atoms with Crippen molar-refractivity contribution in [3.8, 4) is 0 Å². The highest BCUT2D eigenvalue weighted by Gasteiger charge is 2.47. The summed E-state index contributed by atoms with van der Waals surface area (Å²) in [5.41, 5.74) is 20.9. The minimum atomic E-state index is -1.80. The first-order valence-corrected chi connectivity index (χ1v) is 20.5. The molecule has 3 fully saturated rings. The topological polar surface area (TPSA) is 398 Å². The molecule has 12 atom stereocenters. The van der Waals surface area contributed by atoms with Crippen molar-refractivity contribution in [2.24, 2.45) is 27.9 Å². The van der Waals surface area contributed by atoms with E-state index in [2.05, 4.69) is 26.3 Å². The highest BCUT2D eigenvalue weighted by molar-refractivity contribution is 8.00. The number of nitrogens with zero attached hydrogens (tertiary/aromatic N) is 3. The van der Waals surface area contributed by atoms with Gasteiger partial charge in [-0.1, -0.05) is 6.92 Å². The van der Waals surface area contributed by atoms with Gasteiger partial charge in [-0.25, -0.2) is 0 Å². The maximum atomic E-state index is 14.4. The Bertz CT molecular complexity index is 1620. The smallest absolute Gasteiger partial charge is 0.305 e. The fourth-order valence-electron chi connectivity index (χ4n) is 7.29. The van der Waals surface area contributed by atoms with Crippen molar-refractivity contribution in [1.29, 1.82) is 0 Å². The predicted molar refractivity (Wildman–Crippen MR) is 213 cm³/mol. The number of guanidine groups is 1. The Morgan fingerprint density at radius 2 is 1.48 bits per heavy atom. The summed E-state index contributed by atoms with van der Waals surface area (Å²) in [7, 11) is 0. The molecule has 0 saturated carbocycles. The SMILES string of the molecule is CC(=O)N[C@@H]1[C@@H](O)[C@@H](O)[C@@H](CO)O[C@@H]1S[C@H](C)[C@H](NC(=O)[C@H](CC(=O)O)NC(=O)[C@@H]1CCCN1C(=O)[C@H](C)N)C(=O)N[C@@H](CCCN=C(N)N)C(=O)N1CCC[C@H]1C(N)=O. The Morgan fingerprint density at radius 3 is 2.03 bits per heavy atom. The zero-order valence-corrected chi connectivity index (χ0v) is 34.5. The van der Waals surface area contributed by atoms with Crippen LogP contribution in [0.1, 0.15) is 65.7 Å². The largest absolute Gasteiger partial charge is 0.481 e. The number of rotatable bonds is 20. The van der Waals surface area contributed by atoms with Crippen LogP contribution in [-0.2, 0) is 43.1 Å². The Balaban J connectivity index is 2.01. The van der Waals surface area contributed by atoms with Gasteiger partial charge in [-0.05, 0) is 45.4 Å². The number of thioether (sulfide) groups is 1. The molecule has 338 valence electrons. The fraction of sp³-hybridized carbons (Fsp3) is 0.743. The molecule has 3 heterocycles. The van der Waals surface area contributed by atoms with E-state index in [9.17, 15) is 58.8 Å². The number of aliphatic imine (C=N–C) groups is 1. The summed E-state index contributed by atoms with van der Waals surface area (Å²) in [6, 6.07) is -9.14. The van der Waals surface area contributed by atoms with E-state index in [1.54, 1.807) is 0 Å². The van der Waals surface area contributed by atoms with E-state index in [4.69, 9.17) is 27.7 Å². The minimum Gasteiger partial charge on any atom is -0.481 e. The van der Waals surface area contributed by atoms with Crippen LogP contribution >= 0.6 is 11.8 Å². The first-order chi connectivity index (χ1) is 28.2. The lowest BCUT2D eigenvalue weighted by Crippen LogP contribution is -2.64. The number of carboxylic acids is 1. The number of ether oxygens (including phenoxy) is 1. The predicted octanol–water partition coefficient (Wildman–Crippen LogP) is -6.15. The molecular weight excluding hydrogens is 815 g/mol. The molecule has 25 heteroatoms. The zero-order chi connectivity index (χ0) is 45.0. The molecule has 3 saturated heterocycles. The number of nitrogens with one attached hydrogen (secondary N) is 4. The molecule has 0 radical (unpaired) electrons. The van der Waals surface area contributed by atoms with Gasteiger partial charge in [0.15, 0.2) is 5.96 Å². The van der Waals surface area contributed by atoms with E-state index in [-0.39, 0.29) is 51.3 Å². The average Bonchev–Trinajstić information content (AvgIpc) is 3.87. The monoisotopic (exact) mass is 873 g/mol. The molecule has 0 unspecified atom stereocenters. The Labute approximate surface area is 350 Å². The van der Waals surface area contributed by atoms with E-state index in [1.165, 1.54) is 23.6 Å². The van der Waals surface area contributed by atoms with Crippen molar-refractivity contribution in [2.75, 3.05) is 26.2 Å². The van der Waals surface area contributed by atoms with Crippen LogP contribution in [0.2, 0.25) is 0 Å². The highest BCUT2D eigenvalue weighted by Crippen LogP contribution is 2.33. The van der Waals surface area contributed by atoms with Crippen molar-refractivity contribution in [3.63, 3.8) is 0 Å². The summed E-state index contributed by atoms with van der Waals surface area (Å²) < 4.78 is 5.83. The van der Waals surface area contributed by atoms with Crippen molar-refractivity contribution < 1.29 is 63.5 Å². The van der Waals surface area contributed by atoms with Gasteiger partial charge in [-0.15, -0.1) is 11.8 Å². The van der Waals surface area contributed by atoms with Gasteiger partial charge in [-0.2, -0.15) is 0 Å². The van der Waals surface area contributed by atoms with E-state index < -0.39 is 132 Å². The molecule has 0 aromatic carbocycles. The van der Waals surface area contributed by atoms with Gasteiger partial charge >= 0.3 is 5.97 Å². The van der Waals surface area contributed by atoms with E-state index >= 15 is 0 Å². The number of carboxylic acid groups (broad SMARTS) is 1. The number of aliphatic carboxylic acids is 1. The number of aliphatic hydroxyl groups is 3. The number of likely N-dealkylation sites (tertiary alicyclic amines) is 2. The average molecular weight is 874 g/mol. The summed E-state index contributed by atoms with van der Waals surface area (Å²) in [5, 5.41) is 49.9. The maximum absolute atomic E-state index is 14.4. The maximum Gasteiger partial charge on any atom is 0.305 e. The zero-order valence-electron chi connectivity index (χ0n) is 33.7. The summed E-state index contributed by atoms with van der Waals surface area (Å²) in [5.74, 6) is -7.34. The second kappa shape index (κ2) is 22.7. The third-order valence-electron chi connectivity index (χ3n) is 10.3. The third kappa shape index (κ3) is 13.3. The number of amides is 7. The molecule has 0 aromatic heterocycles. The van der Waals surface area contributed by atoms with Gasteiger partial charge in [0.05, 0.1) is 25.1 Å². The lowest BCUT2D eigenvalue weighted by atomic mass is 9.98. The molecular formula is C35H59N11O13S. The number of hydrogen-bond donors (Lipinski definition) is 12. The first-order valence-electron chi connectivity index (χ1n) is 19.6. The van der Waals surface area contributed by atoms with Crippen LogP contribution in [0.25, 0.3) is 0 Å². The van der Waals surface area contributed by atoms with Crippen molar-refractivity contribution in [3.05, 3.63) is 0 Å². The second-order valence-corrected chi connectivity index (χ2v) is 16.5. The summed E-state index contributed by atoms with van der Waals surface area (Å²) in [6.45, 7) is 3.63. The molecule has 3 aliphatic heterocycles. The van der Waals surface area contributed by atoms with Gasteiger partial charge in [0.25, 0.3) is 0 Å². The van der Waals surface area contributed by atoms with Gasteiger partial charge in [-0.3, -0.25) is 43.3 Å². The lowest BCUT2D eigenvalue weighted by Gasteiger charge is -2.43. The van der Waals surface area contributed by atoms with Crippen LogP contribution < -0.4 is 44.2 Å². The number of primary amides is 1. The van der Waals surface area contributed by atoms with Crippen molar-refractivity contribution in [2.45, 2.75) is 137 Å². The third-order valence-corrected chi connectivity index (χ3v) is 11.7. The number of aliphatic hydroxyl groups excluding tert-OH is 3. The van der Waals surface area contributed by atoms with Crippen LogP contribution in [0.4, 0.5) is 0 Å². The van der Waals surface area contributed by atoms with Gasteiger partial charge in [0.2, 0.25) is 41.4 Å². The number of nitrogens with two attached hydrogens (primary N) is 4. The van der Waals surface area contributed by atoms with E-state index in [1.807, 2.05) is 0 Å². The minimum absolute atomic E-state index is 0.0438. The quantitative estimate of drug-likeness (QED) is 0.0308. The fourth-order valence-corrected chi connectivity index (χ4v) is 8.67. The molecule has 3 aliphatic rings. The Morgan fingerprint density at radius 1 is 0.867 bits per heavy atom. The molecule has 0 aliphatic carbocycles. The highest BCUT2D eigenvalue weighted by atomic mass is 32.2. The summed E-state index contributed by atoms with van der Waals surface area (Å²) >= 11 is 0.773. The number of hydrogen-bond acceptors (Lipinski definition) is 15. The number of carbonyl (C=O) groups is 8. The van der Waals surface area contributed by atoms with Crippen molar-refractivity contribution >= 4 is 65.0 Å². The summed E-state index contributed by atoms with van der Waals surface area (Å²) in [4.78, 5) is 111.